The van der Waals surface area contributed by atoms with Crippen molar-refractivity contribution in [1.82, 2.24) is 23.7 Å². The van der Waals surface area contributed by atoms with E-state index in [1.165, 1.54) is 45.8 Å². The fourth-order valence-electron chi connectivity index (χ4n) is 3.34. The lowest BCUT2D eigenvalue weighted by molar-refractivity contribution is -0.119. The van der Waals surface area contributed by atoms with Crippen LogP contribution in [0.3, 0.4) is 0 Å². The zero-order valence-electron chi connectivity index (χ0n) is 17.7. The van der Waals surface area contributed by atoms with E-state index >= 15 is 0 Å². The number of hydrogen-bond acceptors (Lipinski definition) is 6. The third-order valence-electron chi connectivity index (χ3n) is 5.07. The Balaban J connectivity index is 1.67. The molecule has 33 heavy (non-hydrogen) atoms. The van der Waals surface area contributed by atoms with Crippen LogP contribution in [-0.4, -0.2) is 36.1 Å². The van der Waals surface area contributed by atoms with Gasteiger partial charge in [0.1, 0.15) is 6.54 Å². The standard InChI is InChI=1S/C21H18Cl2N6O3S/c1-4-7-29(20-25-15(10-33-20)12-5-6-13(22)14(23)8-12)16(30)9-28-11-24-18-17(28)19(31)27(3)21(32)26(18)2/h4-6,8,10-11H,1,7,9H2,2-3H3. The number of aryl methyl sites for hydroxylation is 1. The first kappa shape index (κ1) is 23.0. The van der Waals surface area contributed by atoms with Gasteiger partial charge in [-0.1, -0.05) is 35.3 Å². The van der Waals surface area contributed by atoms with Crippen LogP contribution in [0.2, 0.25) is 10.0 Å². The summed E-state index contributed by atoms with van der Waals surface area (Å²) in [6.07, 6.45) is 2.96. The van der Waals surface area contributed by atoms with Gasteiger partial charge in [-0.25, -0.2) is 14.8 Å². The van der Waals surface area contributed by atoms with E-state index in [-0.39, 0.29) is 30.2 Å². The number of benzene rings is 1. The normalized spacial score (nSPS) is 11.2. The zero-order valence-corrected chi connectivity index (χ0v) is 20.0. The minimum Gasteiger partial charge on any atom is -0.315 e. The Morgan fingerprint density at radius 2 is 1.97 bits per heavy atom. The smallest absolute Gasteiger partial charge is 0.315 e. The van der Waals surface area contributed by atoms with Crippen molar-refractivity contribution in [2.24, 2.45) is 14.1 Å². The highest BCUT2D eigenvalue weighted by atomic mass is 35.5. The van der Waals surface area contributed by atoms with Crippen molar-refractivity contribution in [2.75, 3.05) is 11.4 Å². The van der Waals surface area contributed by atoms with Gasteiger partial charge in [0.05, 0.1) is 22.1 Å². The summed E-state index contributed by atoms with van der Waals surface area (Å²) in [6.45, 7) is 3.78. The van der Waals surface area contributed by atoms with Crippen LogP contribution >= 0.6 is 34.5 Å². The molecule has 0 bridgehead atoms. The molecule has 4 aromatic rings. The van der Waals surface area contributed by atoms with Crippen LogP contribution in [0.4, 0.5) is 5.13 Å². The van der Waals surface area contributed by atoms with Gasteiger partial charge in [-0.05, 0) is 12.1 Å². The van der Waals surface area contributed by atoms with Crippen molar-refractivity contribution in [3.63, 3.8) is 0 Å². The van der Waals surface area contributed by atoms with Crippen LogP contribution in [-0.2, 0) is 25.4 Å². The number of aromatic nitrogens is 5. The summed E-state index contributed by atoms with van der Waals surface area (Å²) >= 11 is 13.4. The lowest BCUT2D eigenvalue weighted by Gasteiger charge is -2.18. The van der Waals surface area contributed by atoms with Gasteiger partial charge in [-0.2, -0.15) is 0 Å². The molecule has 0 saturated carbocycles. The first-order valence-electron chi connectivity index (χ1n) is 9.66. The summed E-state index contributed by atoms with van der Waals surface area (Å²) in [7, 11) is 2.90. The number of rotatable bonds is 6. The topological polar surface area (TPSA) is 95.0 Å². The van der Waals surface area contributed by atoms with E-state index < -0.39 is 11.2 Å². The molecular weight excluding hydrogens is 487 g/mol. The van der Waals surface area contributed by atoms with Crippen LogP contribution < -0.4 is 16.1 Å². The van der Waals surface area contributed by atoms with Crippen LogP contribution in [0.25, 0.3) is 22.4 Å². The molecule has 0 aliphatic heterocycles. The summed E-state index contributed by atoms with van der Waals surface area (Å²) in [4.78, 5) is 48.2. The highest BCUT2D eigenvalue weighted by Gasteiger charge is 2.22. The number of thiazole rings is 1. The van der Waals surface area contributed by atoms with E-state index in [9.17, 15) is 14.4 Å². The molecule has 12 heteroatoms. The first-order valence-corrected chi connectivity index (χ1v) is 11.3. The number of nitrogens with zero attached hydrogens (tertiary/aromatic N) is 6. The van der Waals surface area contributed by atoms with Crippen LogP contribution in [0, 0.1) is 0 Å². The molecule has 0 aliphatic carbocycles. The average molecular weight is 505 g/mol. The number of carbonyl (C=O) groups excluding carboxylic acids is 1. The molecule has 1 aromatic carbocycles. The molecule has 170 valence electrons. The molecule has 0 fully saturated rings. The molecule has 0 unspecified atom stereocenters. The van der Waals surface area contributed by atoms with Crippen molar-refractivity contribution < 1.29 is 4.79 Å². The number of carbonyl (C=O) groups is 1. The summed E-state index contributed by atoms with van der Waals surface area (Å²) in [6, 6.07) is 5.19. The monoisotopic (exact) mass is 504 g/mol. The molecule has 0 radical (unpaired) electrons. The van der Waals surface area contributed by atoms with Gasteiger partial charge in [0.15, 0.2) is 16.3 Å². The maximum atomic E-state index is 13.2. The Bertz CT molecular complexity index is 1520. The van der Waals surface area contributed by atoms with E-state index in [1.807, 2.05) is 5.38 Å². The predicted octanol–water partition coefficient (Wildman–Crippen LogP) is 3.08. The molecule has 0 saturated heterocycles. The van der Waals surface area contributed by atoms with Gasteiger partial charge in [-0.3, -0.25) is 23.6 Å². The van der Waals surface area contributed by atoms with E-state index in [1.54, 1.807) is 24.3 Å². The largest absolute Gasteiger partial charge is 0.332 e. The summed E-state index contributed by atoms with van der Waals surface area (Å²) in [5.74, 6) is -0.319. The Kier molecular flexibility index (Phi) is 6.24. The van der Waals surface area contributed by atoms with Gasteiger partial charge in [0.2, 0.25) is 5.91 Å². The molecular formula is C21H18Cl2N6O3S. The Hall–Kier alpha value is -3.21. The molecule has 3 heterocycles. The van der Waals surface area contributed by atoms with Crippen LogP contribution in [0.15, 0.2) is 52.2 Å². The number of fused-ring (bicyclic) bond motifs is 1. The molecule has 0 atom stereocenters. The lowest BCUT2D eigenvalue weighted by Crippen LogP contribution is -2.38. The molecule has 1 amide bonds. The molecule has 0 N–H and O–H groups in total. The molecule has 3 aromatic heterocycles. The predicted molar refractivity (Wildman–Crippen MR) is 130 cm³/mol. The number of amides is 1. The van der Waals surface area contributed by atoms with Gasteiger partial charge < -0.3 is 4.57 Å². The van der Waals surface area contributed by atoms with Gasteiger partial charge >= 0.3 is 5.69 Å². The van der Waals surface area contributed by atoms with Crippen molar-refractivity contribution in [3.8, 4) is 11.3 Å². The number of halogens is 2. The highest BCUT2D eigenvalue weighted by molar-refractivity contribution is 7.14. The molecule has 4 rings (SSSR count). The summed E-state index contributed by atoms with van der Waals surface area (Å²) in [5, 5.41) is 3.13. The minimum atomic E-state index is -0.523. The van der Waals surface area contributed by atoms with Crippen molar-refractivity contribution in [1.29, 1.82) is 0 Å². The Morgan fingerprint density at radius 3 is 2.67 bits per heavy atom. The average Bonchev–Trinajstić information content (AvgIpc) is 3.44. The highest BCUT2D eigenvalue weighted by Crippen LogP contribution is 2.31. The Morgan fingerprint density at radius 1 is 1.21 bits per heavy atom. The van der Waals surface area contributed by atoms with E-state index in [4.69, 9.17) is 23.2 Å². The lowest BCUT2D eigenvalue weighted by atomic mass is 10.2. The SMILES string of the molecule is C=CCN(C(=O)Cn1cnc2c1c(=O)n(C)c(=O)n2C)c1nc(-c2ccc(Cl)c(Cl)c2)cs1. The summed E-state index contributed by atoms with van der Waals surface area (Å²) < 4.78 is 3.68. The van der Waals surface area contributed by atoms with Crippen molar-refractivity contribution in [2.45, 2.75) is 6.54 Å². The number of imidazole rings is 1. The quantitative estimate of drug-likeness (QED) is 0.376. The van der Waals surface area contributed by atoms with Crippen LogP contribution in [0.5, 0.6) is 0 Å². The minimum absolute atomic E-state index is 0.167. The number of hydrogen-bond donors (Lipinski definition) is 0. The van der Waals surface area contributed by atoms with E-state index in [0.717, 1.165) is 10.1 Å². The van der Waals surface area contributed by atoms with E-state index in [2.05, 4.69) is 16.5 Å². The van der Waals surface area contributed by atoms with Crippen molar-refractivity contribution >= 4 is 56.7 Å². The Labute approximate surface area is 201 Å². The second-order valence-corrected chi connectivity index (χ2v) is 8.84. The maximum absolute atomic E-state index is 13.2. The van der Waals surface area contributed by atoms with Gasteiger partial charge in [0, 0.05) is 31.6 Å². The molecule has 9 nitrogen and oxygen atoms in total. The van der Waals surface area contributed by atoms with Gasteiger partial charge in [0.25, 0.3) is 5.56 Å². The maximum Gasteiger partial charge on any atom is 0.332 e. The zero-order chi connectivity index (χ0) is 23.9. The third kappa shape index (κ3) is 4.12. The fourth-order valence-corrected chi connectivity index (χ4v) is 4.50. The van der Waals surface area contributed by atoms with Crippen LogP contribution in [0.1, 0.15) is 0 Å². The van der Waals surface area contributed by atoms with E-state index in [0.29, 0.717) is 20.9 Å². The van der Waals surface area contributed by atoms with Crippen molar-refractivity contribution in [3.05, 3.63) is 73.4 Å². The number of anilines is 1. The second-order valence-electron chi connectivity index (χ2n) is 7.19. The third-order valence-corrected chi connectivity index (χ3v) is 6.68. The fraction of sp³-hybridized carbons (Fsp3) is 0.190. The first-order chi connectivity index (χ1) is 15.7. The second kappa shape index (κ2) is 8.97. The van der Waals surface area contributed by atoms with Gasteiger partial charge in [-0.15, -0.1) is 17.9 Å². The summed E-state index contributed by atoms with van der Waals surface area (Å²) in [5.41, 5.74) is 0.777. The molecule has 0 spiro atoms. The molecule has 0 aliphatic rings.